The summed E-state index contributed by atoms with van der Waals surface area (Å²) < 4.78 is 713. The number of aliphatic hydroxyl groups is 2. The normalized spacial score (nSPS) is 14.8. The first-order valence-electron chi connectivity index (χ1n) is 42.8. The maximum Gasteiger partial charge on any atom is 0.460 e. The van der Waals surface area contributed by atoms with Crippen LogP contribution in [0.2, 0.25) is 0 Å². The minimum absolute atomic E-state index is 0.0326. The average Bonchev–Trinajstić information content (AvgIpc) is 0.673. The van der Waals surface area contributed by atoms with Gasteiger partial charge >= 0.3 is 119 Å². The quantitative estimate of drug-likeness (QED) is 0.0423. The van der Waals surface area contributed by atoms with Crippen molar-refractivity contribution < 1.29 is 318 Å². The molecule has 0 aliphatic rings. The first-order valence-corrected chi connectivity index (χ1v) is 42.8. The molecule has 146 heavy (non-hydrogen) atoms. The van der Waals surface area contributed by atoms with Gasteiger partial charge in [-0.3, -0.25) is 0 Å². The molecule has 0 saturated heterocycles. The number of alkyl halides is 42. The SMILES string of the molecule is OC(COCCOCCOCCOCCOCCOCCOCCOCCOCCOCCOCCOCCOCCOCCOCCOCCOCCOCCOCCOCCOCCOCCOCCOCCOCCOCC(O)CC(F)(F)C(F)(F)C(F)(F)C(F)(F)C(F)(F)C(F)(F)C(F)(F)C(F)(F)C(F)(F)C(F)(F)C(F)(F)C(F)(F)C(F)(F)C(F)(F)C(F)(F)C(F)(F)F)CC(F)(F)C(F)(F)C(F)(F)C(F)(F)F. The maximum atomic E-state index is 14.4. The Morgan fingerprint density at radius 3 is 0.288 bits per heavy atom. The summed E-state index contributed by atoms with van der Waals surface area (Å²) in [6.07, 6.45) is -27.2. The number of rotatable bonds is 99. The molecule has 0 aromatic heterocycles. The second-order valence-electron chi connectivity index (χ2n) is 29.2. The van der Waals surface area contributed by atoms with Crippen LogP contribution in [0.4, 0.5) is 184 Å². The van der Waals surface area contributed by atoms with Crippen LogP contribution in [0.1, 0.15) is 12.8 Å². The zero-order valence-corrected chi connectivity index (χ0v) is 76.7. The van der Waals surface area contributed by atoms with Gasteiger partial charge in [0.2, 0.25) is 0 Å². The van der Waals surface area contributed by atoms with Crippen LogP contribution in [0, 0.1) is 0 Å². The highest BCUT2D eigenvalue weighted by molar-refractivity contribution is 5.22. The number of hydrogen-bond donors (Lipinski definition) is 2. The largest absolute Gasteiger partial charge is 0.460 e. The number of ether oxygens (including phenoxy) is 26. The van der Waals surface area contributed by atoms with E-state index in [-0.39, 0.29) is 126 Å². The molecule has 0 heterocycles. The van der Waals surface area contributed by atoms with Gasteiger partial charge in [0.05, 0.1) is 356 Å². The van der Waals surface area contributed by atoms with E-state index in [9.17, 15) is 195 Å². The van der Waals surface area contributed by atoms with E-state index < -0.39 is 170 Å². The highest BCUT2D eigenvalue weighted by Gasteiger charge is 3.02. The molecule has 0 spiro atoms. The van der Waals surface area contributed by atoms with Gasteiger partial charge in [0.1, 0.15) is 0 Å². The van der Waals surface area contributed by atoms with Gasteiger partial charge in [0, 0.05) is 12.8 Å². The summed E-state index contributed by atoms with van der Waals surface area (Å²) in [6.45, 7) is 6.73. The van der Waals surface area contributed by atoms with E-state index in [1.807, 2.05) is 0 Å². The van der Waals surface area contributed by atoms with Gasteiger partial charge in [-0.05, 0) is 0 Å². The third-order valence-electron chi connectivity index (χ3n) is 18.1. The van der Waals surface area contributed by atoms with Crippen LogP contribution in [0.15, 0.2) is 0 Å². The average molecular weight is 2270 g/mol. The number of halogens is 42. The van der Waals surface area contributed by atoms with Gasteiger partial charge < -0.3 is 133 Å². The van der Waals surface area contributed by atoms with Crippen molar-refractivity contribution in [2.45, 2.75) is 144 Å². The first kappa shape index (κ1) is 142. The summed E-state index contributed by atoms with van der Waals surface area (Å²) in [7, 11) is 0. The number of aliphatic hydroxyl groups excluding tert-OH is 2. The molecule has 0 aliphatic heterocycles. The topological polar surface area (TPSA) is 280 Å². The van der Waals surface area contributed by atoms with Crippen molar-refractivity contribution in [2.75, 3.05) is 344 Å². The molecule has 70 heteroatoms. The van der Waals surface area contributed by atoms with Gasteiger partial charge in [-0.2, -0.15) is 184 Å². The van der Waals surface area contributed by atoms with Gasteiger partial charge in [-0.25, -0.2) is 0 Å². The van der Waals surface area contributed by atoms with Crippen LogP contribution in [0.25, 0.3) is 0 Å². The van der Waals surface area contributed by atoms with E-state index >= 15 is 0 Å². The van der Waals surface area contributed by atoms with Crippen molar-refractivity contribution in [1.82, 2.24) is 0 Å². The fraction of sp³-hybridized carbons (Fsp3) is 1.00. The lowest BCUT2D eigenvalue weighted by atomic mass is 9.82. The van der Waals surface area contributed by atoms with E-state index in [0.717, 1.165) is 0 Å². The van der Waals surface area contributed by atoms with Crippen LogP contribution >= 0.6 is 0 Å². The molecule has 0 fully saturated rings. The zero-order valence-electron chi connectivity index (χ0n) is 76.7. The molecule has 0 radical (unpaired) electrons. The van der Waals surface area contributed by atoms with Crippen molar-refractivity contribution >= 4 is 0 Å². The lowest BCUT2D eigenvalue weighted by Gasteiger charge is -2.47. The van der Waals surface area contributed by atoms with Crippen molar-refractivity contribution in [3.8, 4) is 0 Å². The Morgan fingerprint density at radius 1 is 0.110 bits per heavy atom. The zero-order chi connectivity index (χ0) is 112. The van der Waals surface area contributed by atoms with E-state index in [2.05, 4.69) is 4.74 Å². The predicted molar refractivity (Wildman–Crippen MR) is 404 cm³/mol. The highest BCUT2D eigenvalue weighted by Crippen LogP contribution is 2.70. The molecule has 0 saturated carbocycles. The Balaban J connectivity index is 3.81. The molecule has 0 aromatic carbocycles. The van der Waals surface area contributed by atoms with E-state index in [0.29, 0.717) is 192 Å². The second-order valence-corrected chi connectivity index (χ2v) is 29.2. The summed E-state index contributed by atoms with van der Waals surface area (Å²) >= 11 is 0. The third-order valence-corrected chi connectivity index (χ3v) is 18.1. The van der Waals surface area contributed by atoms with Crippen LogP contribution in [0.5, 0.6) is 0 Å². The third kappa shape index (κ3) is 43.6. The van der Waals surface area contributed by atoms with Gasteiger partial charge in [0.15, 0.2) is 0 Å². The molecular formula is C76H112F42O28. The predicted octanol–water partition coefficient (Wildman–Crippen LogP) is 13.5. The summed E-state index contributed by atoms with van der Waals surface area (Å²) in [5.74, 6) is -164. The molecule has 0 amide bonds. The lowest BCUT2D eigenvalue weighted by molar-refractivity contribution is -0.491. The Kier molecular flexibility index (Phi) is 65.8. The van der Waals surface area contributed by atoms with Crippen molar-refractivity contribution in [2.24, 2.45) is 0 Å². The molecule has 2 atom stereocenters. The summed E-state index contributed by atoms with van der Waals surface area (Å²) in [5.41, 5.74) is 0. The first-order chi connectivity index (χ1) is 67.5. The van der Waals surface area contributed by atoms with Crippen LogP contribution < -0.4 is 0 Å². The lowest BCUT2D eigenvalue weighted by Crippen LogP contribution is -2.80. The van der Waals surface area contributed by atoms with Crippen LogP contribution in [0.3, 0.4) is 0 Å². The molecule has 28 nitrogen and oxygen atoms in total. The standard InChI is InChI=1S/C76H112F42O28/c77-57(78,59(81,82)61(85,86)62(87,88)63(89,90)64(91,92)65(93,94)66(95,96)67(97,98)68(99,100)69(101,102)70(103,104)71(105,106)72(107,108)74(111,112)76(116,117)118)51-55(119)53-145-49-47-143-45-43-141-41-39-139-37-35-137-33-31-135-29-27-133-25-23-131-21-19-129-17-15-127-13-11-125-9-7-123-5-3-121-1-2-122-4-6-124-8-10-126-12-14-128-16-18-130-20-22-132-24-26-134-28-30-136-32-34-138-36-38-140-40-42-142-44-46-144-48-50-146-54-56(120)52-58(79,80)60(83,84)73(109,110)75(113,114)115/h55-56,119-120H,1-54H2. The Morgan fingerprint density at radius 2 is 0.185 bits per heavy atom. The molecule has 2 unspecified atom stereocenters. The fourth-order valence-electron chi connectivity index (χ4n) is 9.98. The van der Waals surface area contributed by atoms with E-state index in [4.69, 9.17) is 118 Å². The van der Waals surface area contributed by atoms with Gasteiger partial charge in [0.25, 0.3) is 0 Å². The smallest absolute Gasteiger partial charge is 0.390 e. The van der Waals surface area contributed by atoms with Crippen molar-refractivity contribution in [3.05, 3.63) is 0 Å². The molecule has 0 rings (SSSR count). The number of hydrogen-bond acceptors (Lipinski definition) is 28. The minimum atomic E-state index is -10.3. The summed E-state index contributed by atoms with van der Waals surface area (Å²) in [5, 5.41) is 19.0. The van der Waals surface area contributed by atoms with Crippen LogP contribution in [-0.2, 0) is 123 Å². The van der Waals surface area contributed by atoms with E-state index in [1.54, 1.807) is 0 Å². The summed E-state index contributed by atoms with van der Waals surface area (Å²) in [4.78, 5) is 0. The molecule has 0 aliphatic carbocycles. The van der Waals surface area contributed by atoms with Gasteiger partial charge in [-0.1, -0.05) is 0 Å². The highest BCUT2D eigenvalue weighted by atomic mass is 19.5. The molecular weight excluding hydrogens is 2160 g/mol. The minimum Gasteiger partial charge on any atom is -0.390 e. The molecule has 0 bridgehead atoms. The molecule has 0 aromatic rings. The fourth-order valence-corrected chi connectivity index (χ4v) is 9.98. The Labute approximate surface area is 804 Å². The molecule has 878 valence electrons. The Bertz CT molecular complexity index is 3290. The van der Waals surface area contributed by atoms with Crippen molar-refractivity contribution in [3.63, 3.8) is 0 Å². The molecule has 2 N–H and O–H groups in total. The van der Waals surface area contributed by atoms with Gasteiger partial charge in [-0.15, -0.1) is 0 Å². The maximum absolute atomic E-state index is 14.4. The summed E-state index contributed by atoms with van der Waals surface area (Å²) in [6, 6.07) is 0. The van der Waals surface area contributed by atoms with Crippen molar-refractivity contribution in [1.29, 1.82) is 0 Å². The Hall–Kier alpha value is -4.06. The van der Waals surface area contributed by atoms with Crippen LogP contribution in [-0.4, -0.2) is 485 Å². The monoisotopic (exact) mass is 2270 g/mol. The second kappa shape index (κ2) is 67.7. The van der Waals surface area contributed by atoms with E-state index in [1.165, 1.54) is 0 Å².